The Bertz CT molecular complexity index is 1130. The van der Waals surface area contributed by atoms with Crippen LogP contribution in [-0.4, -0.2) is 23.7 Å². The number of rotatable bonds is 7. The van der Waals surface area contributed by atoms with Crippen molar-refractivity contribution in [3.05, 3.63) is 94.5 Å². The first-order chi connectivity index (χ1) is 15.7. The van der Waals surface area contributed by atoms with Crippen molar-refractivity contribution in [2.45, 2.75) is 39.8 Å². The SMILES string of the molecule is CCN(Cc1cc(C)c2c(c1)CN(Cc1ccc(OC(F)(F)F)cc1)C2=O)c1ccccc1. The standard InChI is InChI=1S/C26H25F3N2O2/c1-3-30(22-7-5-4-6-8-22)16-20-13-18(2)24-21(14-20)17-31(25(24)32)15-19-9-11-23(12-10-19)33-26(27,28)29/h4-14H,3,15-17H2,1-2H3. The second-order valence-corrected chi connectivity index (χ2v) is 8.15. The van der Waals surface area contributed by atoms with Crippen molar-refractivity contribution in [1.82, 2.24) is 4.90 Å². The van der Waals surface area contributed by atoms with Gasteiger partial charge in [0.2, 0.25) is 0 Å². The third-order valence-corrected chi connectivity index (χ3v) is 5.75. The Labute approximate surface area is 191 Å². The van der Waals surface area contributed by atoms with Crippen molar-refractivity contribution in [1.29, 1.82) is 0 Å². The Morgan fingerprint density at radius 3 is 2.33 bits per heavy atom. The van der Waals surface area contributed by atoms with Gasteiger partial charge >= 0.3 is 6.36 Å². The van der Waals surface area contributed by atoms with Gasteiger partial charge in [-0.25, -0.2) is 0 Å². The molecule has 3 aromatic carbocycles. The van der Waals surface area contributed by atoms with Crippen LogP contribution in [0.4, 0.5) is 18.9 Å². The van der Waals surface area contributed by atoms with Gasteiger partial charge in [-0.1, -0.05) is 42.5 Å². The number of ether oxygens (including phenoxy) is 1. The first kappa shape index (κ1) is 22.7. The summed E-state index contributed by atoms with van der Waals surface area (Å²) in [4.78, 5) is 17.0. The molecule has 172 valence electrons. The van der Waals surface area contributed by atoms with Crippen molar-refractivity contribution in [3.8, 4) is 5.75 Å². The number of anilines is 1. The largest absolute Gasteiger partial charge is 0.573 e. The lowest BCUT2D eigenvalue weighted by Crippen LogP contribution is -2.23. The molecule has 7 heteroatoms. The zero-order chi connectivity index (χ0) is 23.6. The molecular weight excluding hydrogens is 429 g/mol. The van der Waals surface area contributed by atoms with E-state index in [1.54, 1.807) is 17.0 Å². The van der Waals surface area contributed by atoms with Gasteiger partial charge in [-0.05, 0) is 60.4 Å². The van der Waals surface area contributed by atoms with E-state index in [-0.39, 0.29) is 11.7 Å². The van der Waals surface area contributed by atoms with Crippen LogP contribution in [0.5, 0.6) is 5.75 Å². The lowest BCUT2D eigenvalue weighted by atomic mass is 10.00. The Balaban J connectivity index is 1.48. The highest BCUT2D eigenvalue weighted by molar-refractivity contribution is 5.99. The van der Waals surface area contributed by atoms with E-state index in [1.165, 1.54) is 12.1 Å². The number of amides is 1. The average molecular weight is 454 g/mol. The van der Waals surface area contributed by atoms with Crippen LogP contribution in [0, 0.1) is 6.92 Å². The Morgan fingerprint density at radius 1 is 1.00 bits per heavy atom. The van der Waals surface area contributed by atoms with E-state index in [4.69, 9.17) is 0 Å². The number of carbonyl (C=O) groups is 1. The van der Waals surface area contributed by atoms with Crippen molar-refractivity contribution < 1.29 is 22.7 Å². The van der Waals surface area contributed by atoms with Gasteiger partial charge in [0.15, 0.2) is 0 Å². The summed E-state index contributed by atoms with van der Waals surface area (Å²) < 4.78 is 41.0. The van der Waals surface area contributed by atoms with Gasteiger partial charge in [-0.2, -0.15) is 0 Å². The van der Waals surface area contributed by atoms with Gasteiger partial charge < -0.3 is 14.5 Å². The first-order valence-corrected chi connectivity index (χ1v) is 10.8. The van der Waals surface area contributed by atoms with E-state index >= 15 is 0 Å². The summed E-state index contributed by atoms with van der Waals surface area (Å²) in [5.74, 6) is -0.332. The summed E-state index contributed by atoms with van der Waals surface area (Å²) in [5, 5.41) is 0. The molecule has 4 nitrogen and oxygen atoms in total. The third kappa shape index (κ3) is 5.30. The van der Waals surface area contributed by atoms with Crippen molar-refractivity contribution in [3.63, 3.8) is 0 Å². The molecule has 0 aliphatic carbocycles. The molecule has 1 aliphatic rings. The van der Waals surface area contributed by atoms with Gasteiger partial charge in [-0.3, -0.25) is 4.79 Å². The summed E-state index contributed by atoms with van der Waals surface area (Å²) in [7, 11) is 0. The van der Waals surface area contributed by atoms with E-state index in [0.29, 0.717) is 13.1 Å². The normalized spacial score (nSPS) is 13.2. The van der Waals surface area contributed by atoms with Gasteiger partial charge in [0.1, 0.15) is 5.75 Å². The number of carbonyl (C=O) groups excluding carboxylic acids is 1. The molecule has 1 amide bonds. The molecule has 0 N–H and O–H groups in total. The van der Waals surface area contributed by atoms with Gasteiger partial charge in [-0.15, -0.1) is 13.2 Å². The highest BCUT2D eigenvalue weighted by Crippen LogP contribution is 2.30. The maximum absolute atomic E-state index is 13.0. The molecule has 0 bridgehead atoms. The minimum absolute atomic E-state index is 0.0555. The molecular formula is C26H25F3N2O2. The van der Waals surface area contributed by atoms with E-state index in [9.17, 15) is 18.0 Å². The summed E-state index contributed by atoms with van der Waals surface area (Å²) >= 11 is 0. The highest BCUT2D eigenvalue weighted by atomic mass is 19.4. The third-order valence-electron chi connectivity index (χ3n) is 5.75. The fraction of sp³-hybridized carbons (Fsp3) is 0.269. The fourth-order valence-electron chi connectivity index (χ4n) is 4.29. The Hall–Kier alpha value is -3.48. The molecule has 0 saturated carbocycles. The molecule has 4 rings (SSSR count). The van der Waals surface area contributed by atoms with Gasteiger partial charge in [0.25, 0.3) is 5.91 Å². The first-order valence-electron chi connectivity index (χ1n) is 10.8. The minimum atomic E-state index is -4.73. The molecule has 0 unspecified atom stereocenters. The maximum Gasteiger partial charge on any atom is 0.573 e. The van der Waals surface area contributed by atoms with Crippen LogP contribution in [0.25, 0.3) is 0 Å². The number of benzene rings is 3. The lowest BCUT2D eigenvalue weighted by molar-refractivity contribution is -0.274. The van der Waals surface area contributed by atoms with Crippen LogP contribution >= 0.6 is 0 Å². The van der Waals surface area contributed by atoms with Crippen molar-refractivity contribution in [2.75, 3.05) is 11.4 Å². The predicted molar refractivity (Wildman–Crippen MR) is 121 cm³/mol. The number of nitrogens with zero attached hydrogens (tertiary/aromatic N) is 2. The van der Waals surface area contributed by atoms with Crippen molar-refractivity contribution in [2.24, 2.45) is 0 Å². The number of para-hydroxylation sites is 1. The summed E-state index contributed by atoms with van der Waals surface area (Å²) in [5.41, 5.74) is 5.67. The zero-order valence-electron chi connectivity index (χ0n) is 18.5. The van der Waals surface area contributed by atoms with Crippen LogP contribution in [0.15, 0.2) is 66.7 Å². The molecule has 0 fully saturated rings. The molecule has 0 aromatic heterocycles. The van der Waals surface area contributed by atoms with Gasteiger partial charge in [0.05, 0.1) is 0 Å². The molecule has 0 saturated heterocycles. The lowest BCUT2D eigenvalue weighted by Gasteiger charge is -2.23. The van der Waals surface area contributed by atoms with Crippen LogP contribution in [0.3, 0.4) is 0 Å². The topological polar surface area (TPSA) is 32.8 Å². The van der Waals surface area contributed by atoms with Crippen molar-refractivity contribution >= 4 is 11.6 Å². The summed E-state index contributed by atoms with van der Waals surface area (Å²) in [6.07, 6.45) is -4.73. The molecule has 33 heavy (non-hydrogen) atoms. The number of halogens is 3. The van der Waals surface area contributed by atoms with Crippen LogP contribution in [0.1, 0.15) is 39.5 Å². The summed E-state index contributed by atoms with van der Waals surface area (Å²) in [6, 6.07) is 20.0. The minimum Gasteiger partial charge on any atom is -0.406 e. The predicted octanol–water partition coefficient (Wildman–Crippen LogP) is 6.08. The Kier molecular flexibility index (Phi) is 6.31. The smallest absolute Gasteiger partial charge is 0.406 e. The van der Waals surface area contributed by atoms with E-state index in [2.05, 4.69) is 40.8 Å². The van der Waals surface area contributed by atoms with Crippen LogP contribution < -0.4 is 9.64 Å². The molecule has 3 aromatic rings. The molecule has 0 spiro atoms. The molecule has 1 heterocycles. The summed E-state index contributed by atoms with van der Waals surface area (Å²) in [6.45, 7) is 6.46. The second-order valence-electron chi connectivity index (χ2n) is 8.15. The van der Waals surface area contributed by atoms with Crippen LogP contribution in [-0.2, 0) is 19.6 Å². The maximum atomic E-state index is 13.0. The number of aryl methyl sites for hydroxylation is 1. The average Bonchev–Trinajstić information content (AvgIpc) is 3.08. The number of hydrogen-bond donors (Lipinski definition) is 0. The zero-order valence-corrected chi connectivity index (χ0v) is 18.5. The second kappa shape index (κ2) is 9.17. The quantitative estimate of drug-likeness (QED) is 0.434. The van der Waals surface area contributed by atoms with Crippen LogP contribution in [0.2, 0.25) is 0 Å². The molecule has 0 radical (unpaired) electrons. The molecule has 1 aliphatic heterocycles. The van der Waals surface area contributed by atoms with E-state index < -0.39 is 6.36 Å². The Morgan fingerprint density at radius 2 is 1.70 bits per heavy atom. The number of hydrogen-bond acceptors (Lipinski definition) is 3. The fourth-order valence-corrected chi connectivity index (χ4v) is 4.29. The van der Waals surface area contributed by atoms with Gasteiger partial charge in [0, 0.05) is 37.4 Å². The highest BCUT2D eigenvalue weighted by Gasteiger charge is 2.32. The van der Waals surface area contributed by atoms with E-state index in [0.717, 1.165) is 46.6 Å². The monoisotopic (exact) mass is 454 g/mol. The molecule has 0 atom stereocenters. The number of alkyl halides is 3. The van der Waals surface area contributed by atoms with E-state index in [1.807, 2.05) is 25.1 Å². The number of fused-ring (bicyclic) bond motifs is 1.